The summed E-state index contributed by atoms with van der Waals surface area (Å²) in [6, 6.07) is 0. The van der Waals surface area contributed by atoms with Crippen LogP contribution in [0.15, 0.2) is 0 Å². The third-order valence-electron chi connectivity index (χ3n) is 3.47. The summed E-state index contributed by atoms with van der Waals surface area (Å²) in [6.07, 6.45) is -1.47. The standard InChI is InChI=1S/C21H41N3O6/c1-19(2,3)28-16(25)22(10)12-14-24(18(27)30-21(7,8)9)15-13-23(11)17(26)29-20(4,5)6/h12-15H2,1-11H3. The number of hydrogen-bond acceptors (Lipinski definition) is 6. The fourth-order valence-corrected chi connectivity index (χ4v) is 2.02. The molecule has 30 heavy (non-hydrogen) atoms. The van der Waals surface area contributed by atoms with Crippen LogP contribution in [0.25, 0.3) is 0 Å². The van der Waals surface area contributed by atoms with Crippen LogP contribution in [0.5, 0.6) is 0 Å². The van der Waals surface area contributed by atoms with E-state index in [4.69, 9.17) is 14.2 Å². The van der Waals surface area contributed by atoms with Gasteiger partial charge < -0.3 is 28.9 Å². The van der Waals surface area contributed by atoms with Gasteiger partial charge in [-0.15, -0.1) is 0 Å². The van der Waals surface area contributed by atoms with Gasteiger partial charge in [0.15, 0.2) is 0 Å². The van der Waals surface area contributed by atoms with Crippen molar-refractivity contribution in [2.24, 2.45) is 0 Å². The largest absolute Gasteiger partial charge is 0.444 e. The smallest absolute Gasteiger partial charge is 0.410 e. The zero-order chi connectivity index (χ0) is 23.9. The van der Waals surface area contributed by atoms with Gasteiger partial charge in [0.05, 0.1) is 0 Å². The first-order valence-corrected chi connectivity index (χ1v) is 10.2. The van der Waals surface area contributed by atoms with E-state index in [1.165, 1.54) is 14.7 Å². The molecule has 0 saturated carbocycles. The fraction of sp³-hybridized carbons (Fsp3) is 0.857. The molecule has 0 unspecified atom stereocenters. The molecule has 0 aromatic carbocycles. The second kappa shape index (κ2) is 10.7. The van der Waals surface area contributed by atoms with Crippen molar-refractivity contribution in [3.8, 4) is 0 Å². The van der Waals surface area contributed by atoms with Gasteiger partial charge in [-0.25, -0.2) is 14.4 Å². The zero-order valence-corrected chi connectivity index (χ0v) is 20.6. The third-order valence-corrected chi connectivity index (χ3v) is 3.47. The van der Waals surface area contributed by atoms with Crippen LogP contribution >= 0.6 is 0 Å². The number of amides is 3. The summed E-state index contributed by atoms with van der Waals surface area (Å²) in [5.41, 5.74) is -1.87. The van der Waals surface area contributed by atoms with Crippen molar-refractivity contribution in [3.05, 3.63) is 0 Å². The lowest BCUT2D eigenvalue weighted by atomic mass is 10.2. The Kier molecular flexibility index (Phi) is 9.94. The van der Waals surface area contributed by atoms with Crippen molar-refractivity contribution in [3.63, 3.8) is 0 Å². The van der Waals surface area contributed by atoms with Gasteiger partial charge in [0.2, 0.25) is 0 Å². The second-order valence-corrected chi connectivity index (χ2v) is 10.3. The minimum absolute atomic E-state index is 0.229. The molecule has 0 saturated heterocycles. The SMILES string of the molecule is CN(CCN(CCN(C)C(=O)OC(C)(C)C)C(=O)OC(C)(C)C)C(=O)OC(C)(C)C. The van der Waals surface area contributed by atoms with E-state index in [0.29, 0.717) is 0 Å². The van der Waals surface area contributed by atoms with Gasteiger partial charge in [-0.2, -0.15) is 0 Å². The summed E-state index contributed by atoms with van der Waals surface area (Å²) in [5, 5.41) is 0. The molecule has 0 atom stereocenters. The van der Waals surface area contributed by atoms with Crippen molar-refractivity contribution in [2.45, 2.75) is 79.1 Å². The molecule has 3 amide bonds. The average Bonchev–Trinajstić information content (AvgIpc) is 2.48. The number of ether oxygens (including phenoxy) is 3. The van der Waals surface area contributed by atoms with Crippen LogP contribution in [0.3, 0.4) is 0 Å². The fourth-order valence-electron chi connectivity index (χ4n) is 2.02. The van der Waals surface area contributed by atoms with Crippen LogP contribution < -0.4 is 0 Å². The molecule has 0 bridgehead atoms. The Balaban J connectivity index is 5.02. The van der Waals surface area contributed by atoms with Crippen LogP contribution in [0.2, 0.25) is 0 Å². The first-order chi connectivity index (χ1) is 13.3. The quantitative estimate of drug-likeness (QED) is 0.592. The van der Waals surface area contributed by atoms with E-state index >= 15 is 0 Å². The number of nitrogens with zero attached hydrogens (tertiary/aromatic N) is 3. The summed E-state index contributed by atoms with van der Waals surface area (Å²) in [7, 11) is 3.21. The highest BCUT2D eigenvalue weighted by molar-refractivity contribution is 5.70. The average molecular weight is 432 g/mol. The van der Waals surface area contributed by atoms with Crippen molar-refractivity contribution >= 4 is 18.3 Å². The number of likely N-dealkylation sites (N-methyl/N-ethyl adjacent to an activating group) is 2. The maximum Gasteiger partial charge on any atom is 0.410 e. The molecule has 0 aromatic heterocycles. The normalized spacial score (nSPS) is 12.1. The first-order valence-electron chi connectivity index (χ1n) is 10.2. The predicted molar refractivity (Wildman–Crippen MR) is 116 cm³/mol. The molecule has 0 aliphatic carbocycles. The lowest BCUT2D eigenvalue weighted by Crippen LogP contribution is -2.46. The Hall–Kier alpha value is -2.19. The minimum Gasteiger partial charge on any atom is -0.444 e. The second-order valence-electron chi connectivity index (χ2n) is 10.3. The van der Waals surface area contributed by atoms with Crippen LogP contribution in [0, 0.1) is 0 Å². The topological polar surface area (TPSA) is 88.6 Å². The molecule has 9 heteroatoms. The molecule has 0 spiro atoms. The van der Waals surface area contributed by atoms with Gasteiger partial charge in [-0.1, -0.05) is 0 Å². The van der Waals surface area contributed by atoms with Gasteiger partial charge in [0.1, 0.15) is 16.8 Å². The first kappa shape index (κ1) is 27.8. The Morgan fingerprint density at radius 3 is 1.07 bits per heavy atom. The summed E-state index contributed by atoms with van der Waals surface area (Å²) >= 11 is 0. The van der Waals surface area contributed by atoms with E-state index in [0.717, 1.165) is 0 Å². The van der Waals surface area contributed by atoms with E-state index in [1.807, 2.05) is 0 Å². The summed E-state index contributed by atoms with van der Waals surface area (Å²) < 4.78 is 16.1. The summed E-state index contributed by atoms with van der Waals surface area (Å²) in [4.78, 5) is 41.2. The van der Waals surface area contributed by atoms with Gasteiger partial charge in [0, 0.05) is 40.3 Å². The van der Waals surface area contributed by atoms with Gasteiger partial charge >= 0.3 is 18.3 Å². The Morgan fingerprint density at radius 1 is 0.533 bits per heavy atom. The van der Waals surface area contributed by atoms with Crippen LogP contribution in [0.1, 0.15) is 62.3 Å². The number of carbonyl (C=O) groups excluding carboxylic acids is 3. The highest BCUT2D eigenvalue weighted by Gasteiger charge is 2.26. The lowest BCUT2D eigenvalue weighted by molar-refractivity contribution is 0.0120. The zero-order valence-electron chi connectivity index (χ0n) is 20.6. The van der Waals surface area contributed by atoms with Crippen LogP contribution in [-0.2, 0) is 14.2 Å². The van der Waals surface area contributed by atoms with Gasteiger partial charge in [0.25, 0.3) is 0 Å². The molecule has 0 fully saturated rings. The molecule has 176 valence electrons. The Morgan fingerprint density at radius 2 is 0.800 bits per heavy atom. The molecule has 0 rings (SSSR count). The van der Waals surface area contributed by atoms with Crippen molar-refractivity contribution in [1.29, 1.82) is 0 Å². The number of rotatable bonds is 6. The lowest BCUT2D eigenvalue weighted by Gasteiger charge is -2.31. The molecule has 0 aromatic rings. The third kappa shape index (κ3) is 13.1. The minimum atomic E-state index is -0.663. The highest BCUT2D eigenvalue weighted by atomic mass is 16.6. The van der Waals surface area contributed by atoms with E-state index in [2.05, 4.69) is 0 Å². The van der Waals surface area contributed by atoms with Gasteiger partial charge in [-0.3, -0.25) is 0 Å². The summed E-state index contributed by atoms with van der Waals surface area (Å²) in [5.74, 6) is 0. The van der Waals surface area contributed by atoms with Crippen molar-refractivity contribution in [2.75, 3.05) is 40.3 Å². The molecule has 0 aliphatic rings. The molecule has 0 N–H and O–H groups in total. The van der Waals surface area contributed by atoms with E-state index in [-0.39, 0.29) is 26.2 Å². The van der Waals surface area contributed by atoms with Crippen molar-refractivity contribution in [1.82, 2.24) is 14.7 Å². The number of carbonyl (C=O) groups is 3. The summed E-state index contributed by atoms with van der Waals surface area (Å²) in [6.45, 7) is 17.0. The van der Waals surface area contributed by atoms with Crippen LogP contribution in [0.4, 0.5) is 14.4 Å². The van der Waals surface area contributed by atoms with Crippen molar-refractivity contribution < 1.29 is 28.6 Å². The molecule has 0 aliphatic heterocycles. The molecular weight excluding hydrogens is 390 g/mol. The molecule has 0 heterocycles. The molecular formula is C21H41N3O6. The molecule has 0 radical (unpaired) electrons. The highest BCUT2D eigenvalue weighted by Crippen LogP contribution is 2.12. The Bertz CT molecular complexity index is 549. The number of hydrogen-bond donors (Lipinski definition) is 0. The maximum absolute atomic E-state index is 12.6. The Labute approximate surface area is 181 Å². The van der Waals surface area contributed by atoms with E-state index in [9.17, 15) is 14.4 Å². The monoisotopic (exact) mass is 431 g/mol. The van der Waals surface area contributed by atoms with Gasteiger partial charge in [-0.05, 0) is 62.3 Å². The predicted octanol–water partition coefficient (Wildman–Crippen LogP) is 3.96. The maximum atomic E-state index is 12.6. The van der Waals surface area contributed by atoms with E-state index < -0.39 is 35.1 Å². The van der Waals surface area contributed by atoms with E-state index in [1.54, 1.807) is 76.4 Å². The molecule has 9 nitrogen and oxygen atoms in total. The van der Waals surface area contributed by atoms with Crippen LogP contribution in [-0.4, -0.2) is 90.1 Å².